The van der Waals surface area contributed by atoms with E-state index >= 15 is 0 Å². The van der Waals surface area contributed by atoms with Crippen molar-refractivity contribution in [2.24, 2.45) is 0 Å². The molecule has 1 saturated heterocycles. The first-order valence-electron chi connectivity index (χ1n) is 12.0. The number of benzene rings is 1. The zero-order valence-corrected chi connectivity index (χ0v) is 20.2. The minimum Gasteiger partial charge on any atom is -0.457 e. The zero-order valence-electron chi connectivity index (χ0n) is 19.4. The van der Waals surface area contributed by atoms with Gasteiger partial charge in [0, 0.05) is 30.9 Å². The number of likely N-dealkylation sites (tertiary alicyclic amines) is 1. The first-order valence-corrected chi connectivity index (χ1v) is 12.8. The summed E-state index contributed by atoms with van der Waals surface area (Å²) in [6.45, 7) is 1.92. The monoisotopic (exact) mass is 481 g/mol. The molecular weight excluding hydrogens is 450 g/mol. The number of thiazole rings is 1. The van der Waals surface area contributed by atoms with Crippen molar-refractivity contribution in [2.75, 3.05) is 25.5 Å². The van der Waals surface area contributed by atoms with Crippen LogP contribution in [-0.2, 0) is 0 Å². The van der Waals surface area contributed by atoms with E-state index in [9.17, 15) is 9.90 Å². The Kier molecular flexibility index (Phi) is 6.94. The number of hydrogen-bond acceptors (Lipinski definition) is 8. The number of fused-ring (bicyclic) bond motifs is 1. The molecule has 9 heteroatoms. The smallest absolute Gasteiger partial charge is 0.270 e. The van der Waals surface area contributed by atoms with Crippen molar-refractivity contribution in [3.05, 3.63) is 42.2 Å². The minimum atomic E-state index is -0.322. The molecule has 2 fully saturated rings. The van der Waals surface area contributed by atoms with Gasteiger partial charge in [0.25, 0.3) is 5.91 Å². The maximum Gasteiger partial charge on any atom is 0.270 e. The molecule has 0 bridgehead atoms. The summed E-state index contributed by atoms with van der Waals surface area (Å²) in [5.41, 5.74) is 1.24. The number of likely N-dealkylation sites (N-methyl/N-ethyl adjacent to an activating group) is 1. The van der Waals surface area contributed by atoms with E-state index in [4.69, 9.17) is 4.74 Å². The van der Waals surface area contributed by atoms with Gasteiger partial charge in [0.1, 0.15) is 17.2 Å². The highest BCUT2D eigenvalue weighted by Crippen LogP contribution is 2.33. The van der Waals surface area contributed by atoms with Crippen molar-refractivity contribution in [3.8, 4) is 11.5 Å². The van der Waals surface area contributed by atoms with E-state index in [0.29, 0.717) is 17.2 Å². The number of pyridine rings is 1. The summed E-state index contributed by atoms with van der Waals surface area (Å²) in [5, 5.41) is 17.5. The van der Waals surface area contributed by atoms with Gasteiger partial charge < -0.3 is 25.4 Å². The summed E-state index contributed by atoms with van der Waals surface area (Å²) < 4.78 is 7.05. The Bertz CT molecular complexity index is 1150. The Labute approximate surface area is 203 Å². The molecule has 180 valence electrons. The summed E-state index contributed by atoms with van der Waals surface area (Å²) in [7, 11) is 2.07. The van der Waals surface area contributed by atoms with Crippen LogP contribution in [0.15, 0.2) is 36.5 Å². The largest absolute Gasteiger partial charge is 0.457 e. The Morgan fingerprint density at radius 2 is 2.00 bits per heavy atom. The minimum absolute atomic E-state index is 0.0560. The van der Waals surface area contributed by atoms with Gasteiger partial charge in [0.2, 0.25) is 0 Å². The van der Waals surface area contributed by atoms with E-state index in [2.05, 4.69) is 32.5 Å². The number of aliphatic hydroxyl groups is 1. The second-order valence-electron chi connectivity index (χ2n) is 9.30. The number of carbonyl (C=O) groups excluding carboxylic acids is 1. The topological polar surface area (TPSA) is 99.6 Å². The summed E-state index contributed by atoms with van der Waals surface area (Å²) in [5.74, 6) is 1.06. The first kappa shape index (κ1) is 23.0. The van der Waals surface area contributed by atoms with Crippen molar-refractivity contribution in [1.82, 2.24) is 20.2 Å². The number of piperidine rings is 1. The van der Waals surface area contributed by atoms with Crippen molar-refractivity contribution in [3.63, 3.8) is 0 Å². The number of anilines is 1. The average Bonchev–Trinajstić information content (AvgIpc) is 3.22. The van der Waals surface area contributed by atoms with Crippen LogP contribution in [0.25, 0.3) is 10.2 Å². The van der Waals surface area contributed by atoms with Crippen molar-refractivity contribution in [2.45, 2.75) is 56.7 Å². The molecule has 8 nitrogen and oxygen atoms in total. The lowest BCUT2D eigenvalue weighted by Crippen LogP contribution is -2.46. The molecule has 1 aromatic carbocycles. The fourth-order valence-corrected chi connectivity index (χ4v) is 5.70. The number of aromatic nitrogens is 2. The van der Waals surface area contributed by atoms with Gasteiger partial charge >= 0.3 is 0 Å². The quantitative estimate of drug-likeness (QED) is 0.489. The van der Waals surface area contributed by atoms with Gasteiger partial charge in [-0.1, -0.05) is 24.2 Å². The molecule has 1 unspecified atom stereocenters. The molecule has 34 heavy (non-hydrogen) atoms. The van der Waals surface area contributed by atoms with Crippen LogP contribution < -0.4 is 15.4 Å². The maximum absolute atomic E-state index is 12.7. The molecule has 3 atom stereocenters. The molecule has 3 aromatic rings. The van der Waals surface area contributed by atoms with Crippen LogP contribution in [-0.4, -0.2) is 64.2 Å². The SMILES string of the molecule is CN1CCCC(NC(=O)c2cc(Oc3ccc4nc(N[C@@H]5CCCC[C@H]5O)sc4c3)ccn2)C1. The van der Waals surface area contributed by atoms with Gasteiger partial charge in [-0.3, -0.25) is 9.78 Å². The predicted molar refractivity (Wildman–Crippen MR) is 134 cm³/mol. The fraction of sp³-hybridized carbons (Fsp3) is 0.480. The summed E-state index contributed by atoms with van der Waals surface area (Å²) >= 11 is 1.55. The normalized spacial score (nSPS) is 23.5. The standard InChI is InChI=1S/C25H31N5O3S/c1-30-12-4-5-16(15-30)27-24(32)21-13-18(10-11-26-21)33-17-8-9-20-23(14-17)34-25(29-20)28-19-6-2-3-7-22(19)31/h8-11,13-14,16,19,22,31H,2-7,12,15H2,1H3,(H,27,32)(H,28,29)/t16?,19-,22-/m1/s1. The molecule has 1 aliphatic heterocycles. The fourth-order valence-electron chi connectivity index (χ4n) is 4.75. The number of nitrogens with one attached hydrogen (secondary N) is 2. The van der Waals surface area contributed by atoms with Gasteiger partial charge in [-0.25, -0.2) is 4.98 Å². The summed E-state index contributed by atoms with van der Waals surface area (Å²) in [6, 6.07) is 9.38. The van der Waals surface area contributed by atoms with Crippen LogP contribution in [0.4, 0.5) is 5.13 Å². The van der Waals surface area contributed by atoms with Crippen LogP contribution >= 0.6 is 11.3 Å². The zero-order chi connectivity index (χ0) is 23.5. The Morgan fingerprint density at radius 3 is 2.85 bits per heavy atom. The van der Waals surface area contributed by atoms with Gasteiger partial charge in [-0.2, -0.15) is 0 Å². The van der Waals surface area contributed by atoms with E-state index in [0.717, 1.165) is 67.0 Å². The molecular formula is C25H31N5O3S. The molecule has 2 aliphatic rings. The second-order valence-corrected chi connectivity index (χ2v) is 10.3. The van der Waals surface area contributed by atoms with E-state index in [1.54, 1.807) is 29.7 Å². The summed E-state index contributed by atoms with van der Waals surface area (Å²) in [6.07, 6.45) is 7.34. The van der Waals surface area contributed by atoms with Crippen molar-refractivity contribution >= 4 is 32.6 Å². The number of hydrogen-bond donors (Lipinski definition) is 3. The lowest BCUT2D eigenvalue weighted by Gasteiger charge is -2.30. The van der Waals surface area contributed by atoms with Gasteiger partial charge in [0.05, 0.1) is 22.4 Å². The Hall–Kier alpha value is -2.75. The van der Waals surface area contributed by atoms with Gasteiger partial charge in [-0.15, -0.1) is 0 Å². The molecule has 3 N–H and O–H groups in total. The van der Waals surface area contributed by atoms with Crippen LogP contribution in [0.3, 0.4) is 0 Å². The van der Waals surface area contributed by atoms with Crippen LogP contribution in [0, 0.1) is 0 Å². The second kappa shape index (κ2) is 10.2. The lowest BCUT2D eigenvalue weighted by molar-refractivity contribution is 0.0907. The predicted octanol–water partition coefficient (Wildman–Crippen LogP) is 4.02. The highest BCUT2D eigenvalue weighted by Gasteiger charge is 2.24. The van der Waals surface area contributed by atoms with Gasteiger partial charge in [-0.05, 0) is 57.5 Å². The Morgan fingerprint density at radius 1 is 1.15 bits per heavy atom. The molecule has 1 amide bonds. The molecule has 1 aliphatic carbocycles. The average molecular weight is 482 g/mol. The van der Waals surface area contributed by atoms with E-state index in [1.165, 1.54) is 0 Å². The number of carbonyl (C=O) groups is 1. The highest BCUT2D eigenvalue weighted by atomic mass is 32.1. The van der Waals surface area contributed by atoms with E-state index in [-0.39, 0.29) is 24.1 Å². The first-order chi connectivity index (χ1) is 16.5. The van der Waals surface area contributed by atoms with E-state index in [1.807, 2.05) is 18.2 Å². The van der Waals surface area contributed by atoms with E-state index < -0.39 is 0 Å². The third-order valence-corrected chi connectivity index (χ3v) is 7.51. The van der Waals surface area contributed by atoms with Gasteiger partial charge in [0.15, 0.2) is 5.13 Å². The highest BCUT2D eigenvalue weighted by molar-refractivity contribution is 7.22. The number of rotatable bonds is 6. The van der Waals surface area contributed by atoms with Crippen molar-refractivity contribution in [1.29, 1.82) is 0 Å². The number of ether oxygens (including phenoxy) is 1. The Balaban J connectivity index is 1.25. The van der Waals surface area contributed by atoms with Crippen LogP contribution in [0.5, 0.6) is 11.5 Å². The number of amides is 1. The number of aliphatic hydroxyl groups excluding tert-OH is 1. The molecule has 3 heterocycles. The number of nitrogens with zero attached hydrogens (tertiary/aromatic N) is 3. The van der Waals surface area contributed by atoms with Crippen LogP contribution in [0.2, 0.25) is 0 Å². The third-order valence-electron chi connectivity index (χ3n) is 6.56. The molecule has 0 radical (unpaired) electrons. The summed E-state index contributed by atoms with van der Waals surface area (Å²) in [4.78, 5) is 23.8. The lowest BCUT2D eigenvalue weighted by atomic mass is 9.93. The van der Waals surface area contributed by atoms with Crippen molar-refractivity contribution < 1.29 is 14.6 Å². The third kappa shape index (κ3) is 5.48. The molecule has 2 aromatic heterocycles. The maximum atomic E-state index is 12.7. The molecule has 0 spiro atoms. The van der Waals surface area contributed by atoms with Crippen LogP contribution in [0.1, 0.15) is 49.0 Å². The molecule has 1 saturated carbocycles. The molecule has 5 rings (SSSR count).